The minimum absolute atomic E-state index is 0.00469. The summed E-state index contributed by atoms with van der Waals surface area (Å²) in [5, 5.41) is 14.7. The van der Waals surface area contributed by atoms with E-state index in [4.69, 9.17) is 15.7 Å². The van der Waals surface area contributed by atoms with Crippen LogP contribution in [0.15, 0.2) is 29.4 Å². The first kappa shape index (κ1) is 22.9. The Bertz CT molecular complexity index is 812. The average molecular weight is 432 g/mol. The third-order valence-corrected chi connectivity index (χ3v) is 5.68. The Balaban J connectivity index is 1.79. The molecule has 170 valence electrons. The van der Waals surface area contributed by atoms with Crippen molar-refractivity contribution in [2.24, 2.45) is 10.9 Å². The molecule has 2 aliphatic heterocycles. The van der Waals surface area contributed by atoms with Crippen molar-refractivity contribution in [3.8, 4) is 0 Å². The molecule has 3 rings (SSSR count). The van der Waals surface area contributed by atoms with Gasteiger partial charge < -0.3 is 21.0 Å². The van der Waals surface area contributed by atoms with Gasteiger partial charge in [0.2, 0.25) is 5.91 Å². The molecule has 2 saturated heterocycles. The molecule has 0 saturated carbocycles. The lowest BCUT2D eigenvalue weighted by atomic mass is 10.0. The highest BCUT2D eigenvalue weighted by molar-refractivity contribution is 5.99. The highest BCUT2D eigenvalue weighted by atomic mass is 16.6. The number of anilines is 1. The Morgan fingerprint density at radius 3 is 2.35 bits per heavy atom. The minimum Gasteiger partial charge on any atom is -0.444 e. The van der Waals surface area contributed by atoms with Crippen molar-refractivity contribution in [1.82, 2.24) is 9.80 Å². The maximum Gasteiger partial charge on any atom is 0.411 e. The molecule has 2 aliphatic rings. The number of rotatable bonds is 4. The van der Waals surface area contributed by atoms with Gasteiger partial charge in [-0.05, 0) is 77.4 Å². The average Bonchev–Trinajstić information content (AvgIpc) is 3.19. The number of carbonyl (C=O) groups excluding carboxylic acids is 2. The molecule has 0 radical (unpaired) electrons. The van der Waals surface area contributed by atoms with E-state index in [0.717, 1.165) is 32.4 Å². The zero-order valence-electron chi connectivity index (χ0n) is 18.5. The molecule has 9 heteroatoms. The first-order valence-electron chi connectivity index (χ1n) is 10.8. The van der Waals surface area contributed by atoms with Crippen LogP contribution in [-0.4, -0.2) is 70.2 Å². The number of ether oxygens (including phenoxy) is 1. The maximum absolute atomic E-state index is 13.3. The molecular formula is C22H33N5O4. The Morgan fingerprint density at radius 2 is 1.77 bits per heavy atom. The summed E-state index contributed by atoms with van der Waals surface area (Å²) in [6.07, 6.45) is 3.68. The number of hydrogen-bond acceptors (Lipinski definition) is 6. The number of oxime groups is 1. The summed E-state index contributed by atoms with van der Waals surface area (Å²) in [6, 6.07) is 6.03. The highest BCUT2D eigenvalue weighted by Gasteiger charge is 2.46. The first-order valence-corrected chi connectivity index (χ1v) is 10.8. The van der Waals surface area contributed by atoms with Crippen molar-refractivity contribution in [2.75, 3.05) is 25.0 Å². The molecule has 2 atom stereocenters. The van der Waals surface area contributed by atoms with E-state index in [2.05, 4.69) is 15.4 Å². The fourth-order valence-electron chi connectivity index (χ4n) is 4.25. The van der Waals surface area contributed by atoms with Gasteiger partial charge in [-0.1, -0.05) is 11.6 Å². The van der Waals surface area contributed by atoms with Gasteiger partial charge in [0.15, 0.2) is 5.84 Å². The largest absolute Gasteiger partial charge is 0.444 e. The summed E-state index contributed by atoms with van der Waals surface area (Å²) >= 11 is 0. The number of amides is 2. The number of hydrogen-bond donors (Lipinski definition) is 3. The van der Waals surface area contributed by atoms with E-state index in [-0.39, 0.29) is 17.8 Å². The normalized spacial score (nSPS) is 22.9. The third kappa shape index (κ3) is 5.66. The molecule has 2 heterocycles. The van der Waals surface area contributed by atoms with Crippen LogP contribution >= 0.6 is 0 Å². The van der Waals surface area contributed by atoms with Gasteiger partial charge in [-0.25, -0.2) is 4.79 Å². The summed E-state index contributed by atoms with van der Waals surface area (Å²) in [7, 11) is 0. The second-order valence-corrected chi connectivity index (χ2v) is 9.12. The van der Waals surface area contributed by atoms with Crippen LogP contribution in [-0.2, 0) is 9.53 Å². The van der Waals surface area contributed by atoms with Gasteiger partial charge >= 0.3 is 6.09 Å². The zero-order chi connectivity index (χ0) is 22.6. The van der Waals surface area contributed by atoms with E-state index in [1.807, 2.05) is 20.8 Å². The van der Waals surface area contributed by atoms with Crippen molar-refractivity contribution in [3.63, 3.8) is 0 Å². The number of amidine groups is 1. The molecular weight excluding hydrogens is 398 g/mol. The monoisotopic (exact) mass is 431 g/mol. The number of piperidine rings is 1. The molecule has 2 fully saturated rings. The van der Waals surface area contributed by atoms with Crippen molar-refractivity contribution >= 4 is 23.5 Å². The summed E-state index contributed by atoms with van der Waals surface area (Å²) in [5.74, 6) is -0.245. The number of nitrogens with one attached hydrogen (secondary N) is 1. The van der Waals surface area contributed by atoms with Crippen LogP contribution in [0.4, 0.5) is 10.5 Å². The fourth-order valence-corrected chi connectivity index (χ4v) is 4.25. The molecule has 31 heavy (non-hydrogen) atoms. The van der Waals surface area contributed by atoms with Crippen LogP contribution in [0.1, 0.15) is 52.0 Å². The predicted molar refractivity (Wildman–Crippen MR) is 118 cm³/mol. The summed E-state index contributed by atoms with van der Waals surface area (Å²) in [4.78, 5) is 30.1. The zero-order valence-corrected chi connectivity index (χ0v) is 18.5. The molecule has 4 N–H and O–H groups in total. The van der Waals surface area contributed by atoms with Gasteiger partial charge in [-0.15, -0.1) is 0 Å². The van der Waals surface area contributed by atoms with Crippen LogP contribution < -0.4 is 11.1 Å². The minimum atomic E-state index is -0.634. The second kappa shape index (κ2) is 9.55. The first-order chi connectivity index (χ1) is 14.7. The summed E-state index contributed by atoms with van der Waals surface area (Å²) in [6.45, 7) is 7.82. The number of carbonyl (C=O) groups is 2. The summed E-state index contributed by atoms with van der Waals surface area (Å²) < 4.78 is 5.58. The Labute approximate surface area is 183 Å². The van der Waals surface area contributed by atoms with Crippen molar-refractivity contribution in [1.29, 1.82) is 0 Å². The molecule has 0 aliphatic carbocycles. The molecule has 0 aromatic heterocycles. The van der Waals surface area contributed by atoms with Crippen LogP contribution in [0, 0.1) is 0 Å². The van der Waals surface area contributed by atoms with Gasteiger partial charge in [0.1, 0.15) is 11.6 Å². The molecule has 0 bridgehead atoms. The maximum atomic E-state index is 13.3. The SMILES string of the molecule is CC(C)(C)OC(=O)N1CC[C@@H](N2CCCCC2)[C@H]1C(=O)Nc1ccc(/C(N)=N/O)cc1. The smallest absolute Gasteiger partial charge is 0.411 e. The lowest BCUT2D eigenvalue weighted by Crippen LogP contribution is -2.54. The van der Waals surface area contributed by atoms with E-state index in [0.29, 0.717) is 17.8 Å². The standard InChI is InChI=1S/C22H33N5O4/c1-22(2,3)31-21(29)27-14-11-17(26-12-5-4-6-13-26)18(27)20(28)24-16-9-7-15(8-10-16)19(23)25-30/h7-10,17-18,30H,4-6,11-14H2,1-3H3,(H2,23,25)(H,24,28)/t17-,18+/m1/s1. The lowest BCUT2D eigenvalue weighted by Gasteiger charge is -2.37. The molecule has 0 unspecified atom stereocenters. The molecule has 9 nitrogen and oxygen atoms in total. The molecule has 1 aromatic rings. The van der Waals surface area contributed by atoms with Gasteiger partial charge in [0.25, 0.3) is 0 Å². The highest BCUT2D eigenvalue weighted by Crippen LogP contribution is 2.28. The number of nitrogens with two attached hydrogens (primary N) is 1. The second-order valence-electron chi connectivity index (χ2n) is 9.12. The van der Waals surface area contributed by atoms with Gasteiger partial charge in [-0.2, -0.15) is 0 Å². The Kier molecular flexibility index (Phi) is 7.04. The Morgan fingerprint density at radius 1 is 1.13 bits per heavy atom. The van der Waals surface area contributed by atoms with Gasteiger partial charge in [-0.3, -0.25) is 14.6 Å². The van der Waals surface area contributed by atoms with Crippen LogP contribution in [0.5, 0.6) is 0 Å². The third-order valence-electron chi connectivity index (χ3n) is 5.68. The van der Waals surface area contributed by atoms with Crippen molar-refractivity contribution in [2.45, 2.75) is 64.1 Å². The van der Waals surface area contributed by atoms with E-state index in [9.17, 15) is 9.59 Å². The van der Waals surface area contributed by atoms with E-state index >= 15 is 0 Å². The lowest BCUT2D eigenvalue weighted by molar-refractivity contribution is -0.122. The topological polar surface area (TPSA) is 120 Å². The van der Waals surface area contributed by atoms with E-state index in [1.165, 1.54) is 6.42 Å². The van der Waals surface area contributed by atoms with Crippen molar-refractivity contribution < 1.29 is 19.5 Å². The van der Waals surface area contributed by atoms with E-state index in [1.54, 1.807) is 29.2 Å². The van der Waals surface area contributed by atoms with Crippen LogP contribution in [0.3, 0.4) is 0 Å². The van der Waals surface area contributed by atoms with Crippen LogP contribution in [0.2, 0.25) is 0 Å². The van der Waals surface area contributed by atoms with E-state index < -0.39 is 17.7 Å². The van der Waals surface area contributed by atoms with Crippen LogP contribution in [0.25, 0.3) is 0 Å². The fraction of sp³-hybridized carbons (Fsp3) is 0.591. The Hall–Kier alpha value is -2.81. The summed E-state index contributed by atoms with van der Waals surface area (Å²) in [5.41, 5.74) is 6.08. The molecule has 0 spiro atoms. The predicted octanol–water partition coefficient (Wildman–Crippen LogP) is 2.58. The van der Waals surface area contributed by atoms with Crippen molar-refractivity contribution in [3.05, 3.63) is 29.8 Å². The number of nitrogens with zero attached hydrogens (tertiary/aromatic N) is 3. The van der Waals surface area contributed by atoms with Gasteiger partial charge in [0.05, 0.1) is 0 Å². The molecule has 1 aromatic carbocycles. The number of likely N-dealkylation sites (tertiary alicyclic amines) is 2. The number of benzene rings is 1. The molecule has 2 amide bonds. The van der Waals surface area contributed by atoms with Gasteiger partial charge in [0, 0.05) is 23.8 Å². The quantitative estimate of drug-likeness (QED) is 0.292.